The summed E-state index contributed by atoms with van der Waals surface area (Å²) in [5.41, 5.74) is 3.36. The number of rotatable bonds is 10. The second kappa shape index (κ2) is 16.6. The zero-order valence-electron chi connectivity index (χ0n) is 31.4. The summed E-state index contributed by atoms with van der Waals surface area (Å²) >= 11 is 6.28. The predicted molar refractivity (Wildman–Crippen MR) is 209 cm³/mol. The number of fused-ring (bicyclic) bond motifs is 1. The van der Waals surface area contributed by atoms with Crippen LogP contribution in [0.3, 0.4) is 0 Å². The molecule has 16 heteroatoms. The monoisotopic (exact) mass is 781 g/mol. The number of amides is 6. The fraction of sp³-hybridized carbons (Fsp3) is 0.425. The molecule has 7 rings (SSSR count). The molecule has 2 N–H and O–H groups in total. The minimum absolute atomic E-state index is 0.0417. The number of piperazine rings is 2. The number of nitrogens with one attached hydrogen (secondary N) is 2. The molecule has 1 aromatic heterocycles. The Morgan fingerprint density at radius 2 is 1.71 bits per heavy atom. The van der Waals surface area contributed by atoms with E-state index in [1.54, 1.807) is 42.6 Å². The van der Waals surface area contributed by atoms with Gasteiger partial charge in [0.05, 0.1) is 40.2 Å². The van der Waals surface area contributed by atoms with Crippen molar-refractivity contribution in [1.82, 2.24) is 25.0 Å². The molecule has 0 saturated carbocycles. The molecule has 56 heavy (non-hydrogen) atoms. The molecule has 5 heterocycles. The van der Waals surface area contributed by atoms with Gasteiger partial charge in [0.1, 0.15) is 12.1 Å². The van der Waals surface area contributed by atoms with Crippen molar-refractivity contribution in [2.24, 2.45) is 0 Å². The van der Waals surface area contributed by atoms with Gasteiger partial charge in [-0.15, -0.1) is 0 Å². The first-order valence-corrected chi connectivity index (χ1v) is 19.3. The topological polar surface area (TPSA) is 172 Å². The lowest BCUT2D eigenvalue weighted by Crippen LogP contribution is -2.59. The number of pyridine rings is 1. The highest BCUT2D eigenvalue weighted by atomic mass is 35.5. The number of carbonyl (C=O) groups excluding carboxylic acids is 5. The van der Waals surface area contributed by atoms with Crippen LogP contribution in [0.15, 0.2) is 54.7 Å². The number of carbonyl (C=O) groups is 5. The number of nitriles is 1. The molecule has 6 amide bonds. The number of ether oxygens (including phenoxy) is 1. The van der Waals surface area contributed by atoms with Crippen LogP contribution in [0.25, 0.3) is 0 Å². The lowest BCUT2D eigenvalue weighted by atomic mass is 10.0. The van der Waals surface area contributed by atoms with Gasteiger partial charge in [-0.2, -0.15) is 5.26 Å². The Hall–Kier alpha value is -5.72. The van der Waals surface area contributed by atoms with Crippen molar-refractivity contribution in [3.8, 4) is 11.9 Å². The van der Waals surface area contributed by atoms with Gasteiger partial charge in [0.2, 0.25) is 17.7 Å². The first kappa shape index (κ1) is 38.6. The molecule has 1 unspecified atom stereocenters. The molecule has 0 radical (unpaired) electrons. The van der Waals surface area contributed by atoms with E-state index in [1.807, 2.05) is 24.0 Å². The Balaban J connectivity index is 0.806. The van der Waals surface area contributed by atoms with E-state index in [0.29, 0.717) is 41.8 Å². The first-order valence-electron chi connectivity index (χ1n) is 19.0. The van der Waals surface area contributed by atoms with Crippen molar-refractivity contribution < 1.29 is 28.7 Å². The Bertz CT molecular complexity index is 2070. The van der Waals surface area contributed by atoms with Crippen molar-refractivity contribution in [3.63, 3.8) is 0 Å². The highest BCUT2D eigenvalue weighted by Gasteiger charge is 2.45. The minimum Gasteiger partial charge on any atom is -0.478 e. The van der Waals surface area contributed by atoms with Gasteiger partial charge in [-0.1, -0.05) is 11.6 Å². The third-order valence-corrected chi connectivity index (χ3v) is 11.2. The van der Waals surface area contributed by atoms with Gasteiger partial charge in [0, 0.05) is 75.2 Å². The molecule has 15 nitrogen and oxygen atoms in total. The Labute approximate surface area is 330 Å². The zero-order valence-corrected chi connectivity index (χ0v) is 32.1. The van der Waals surface area contributed by atoms with E-state index in [0.717, 1.165) is 61.8 Å². The summed E-state index contributed by atoms with van der Waals surface area (Å²) < 4.78 is 5.88. The summed E-state index contributed by atoms with van der Waals surface area (Å²) in [6.07, 6.45) is 3.60. The van der Waals surface area contributed by atoms with Crippen LogP contribution in [0.2, 0.25) is 5.02 Å². The summed E-state index contributed by atoms with van der Waals surface area (Å²) in [7, 11) is 0. The Morgan fingerprint density at radius 1 is 0.946 bits per heavy atom. The largest absolute Gasteiger partial charge is 0.478 e. The smallest absolute Gasteiger partial charge is 0.322 e. The number of unbranched alkanes of at least 4 members (excludes halogenated alkanes) is 1. The molecule has 3 aromatic rings. The number of hydrogen-bond donors (Lipinski definition) is 2. The van der Waals surface area contributed by atoms with Crippen molar-refractivity contribution in [3.05, 3.63) is 76.4 Å². The average Bonchev–Trinajstić information content (AvgIpc) is 3.44. The number of benzene rings is 2. The lowest BCUT2D eigenvalue weighted by Gasteiger charge is -2.45. The zero-order chi connectivity index (χ0) is 39.5. The Kier molecular flexibility index (Phi) is 11.4. The van der Waals surface area contributed by atoms with Crippen LogP contribution in [0.1, 0.15) is 65.8 Å². The molecular formula is C40H44ClN9O6. The molecule has 2 aromatic carbocycles. The van der Waals surface area contributed by atoms with E-state index in [1.165, 1.54) is 0 Å². The maximum absolute atomic E-state index is 13.2. The Morgan fingerprint density at radius 3 is 2.43 bits per heavy atom. The highest BCUT2D eigenvalue weighted by Crippen LogP contribution is 2.32. The van der Waals surface area contributed by atoms with Gasteiger partial charge < -0.3 is 24.8 Å². The summed E-state index contributed by atoms with van der Waals surface area (Å²) in [6.45, 7) is 9.86. The minimum atomic E-state index is -0.981. The molecular weight excluding hydrogens is 738 g/mol. The summed E-state index contributed by atoms with van der Waals surface area (Å²) in [6, 6.07) is 15.1. The van der Waals surface area contributed by atoms with Gasteiger partial charge in [0.25, 0.3) is 11.8 Å². The summed E-state index contributed by atoms with van der Waals surface area (Å²) in [5.74, 6) is -1.53. The number of anilines is 3. The predicted octanol–water partition coefficient (Wildman–Crippen LogP) is 4.12. The second-order valence-electron chi connectivity index (χ2n) is 14.7. The van der Waals surface area contributed by atoms with Gasteiger partial charge in [-0.25, -0.2) is 9.78 Å². The number of piperidine rings is 1. The number of aromatic nitrogens is 1. The van der Waals surface area contributed by atoms with E-state index >= 15 is 0 Å². The molecule has 3 fully saturated rings. The van der Waals surface area contributed by atoms with Crippen molar-refractivity contribution in [2.75, 3.05) is 67.5 Å². The third-order valence-electron chi connectivity index (χ3n) is 10.9. The van der Waals surface area contributed by atoms with Crippen molar-refractivity contribution >= 4 is 58.3 Å². The lowest BCUT2D eigenvalue weighted by molar-refractivity contribution is -0.136. The fourth-order valence-corrected chi connectivity index (χ4v) is 7.99. The fourth-order valence-electron chi connectivity index (χ4n) is 7.78. The van der Waals surface area contributed by atoms with Crippen LogP contribution >= 0.6 is 11.6 Å². The van der Waals surface area contributed by atoms with Crippen LogP contribution in [0.5, 0.6) is 5.88 Å². The van der Waals surface area contributed by atoms with Crippen molar-refractivity contribution in [2.45, 2.75) is 57.7 Å². The van der Waals surface area contributed by atoms with Crippen LogP contribution in [0, 0.1) is 11.3 Å². The van der Waals surface area contributed by atoms with Crippen LogP contribution < -0.4 is 25.2 Å². The molecule has 292 valence electrons. The van der Waals surface area contributed by atoms with Crippen LogP contribution in [0.4, 0.5) is 21.9 Å². The van der Waals surface area contributed by atoms with Gasteiger partial charge in [-0.3, -0.25) is 34.3 Å². The van der Waals surface area contributed by atoms with Gasteiger partial charge in [-0.05, 0) is 82.1 Å². The second-order valence-corrected chi connectivity index (χ2v) is 15.1. The molecule has 3 saturated heterocycles. The summed E-state index contributed by atoms with van der Waals surface area (Å²) in [4.78, 5) is 77.5. The number of urea groups is 1. The van der Waals surface area contributed by atoms with Crippen LogP contribution in [-0.4, -0.2) is 120 Å². The third kappa shape index (κ3) is 8.12. The molecule has 0 spiro atoms. The number of hydrogen-bond acceptors (Lipinski definition) is 11. The van der Waals surface area contributed by atoms with E-state index < -0.39 is 29.7 Å². The van der Waals surface area contributed by atoms with Crippen molar-refractivity contribution in [1.29, 1.82) is 5.26 Å². The van der Waals surface area contributed by atoms with E-state index in [4.69, 9.17) is 16.3 Å². The number of halogens is 1. The van der Waals surface area contributed by atoms with Crippen LogP contribution in [-0.2, 0) is 9.59 Å². The van der Waals surface area contributed by atoms with E-state index in [-0.39, 0.29) is 42.1 Å². The molecule has 0 bridgehead atoms. The van der Waals surface area contributed by atoms with Gasteiger partial charge in [0.15, 0.2) is 0 Å². The first-order chi connectivity index (χ1) is 27.0. The number of imide groups is 2. The quantitative estimate of drug-likeness (QED) is 0.224. The summed E-state index contributed by atoms with van der Waals surface area (Å²) in [5, 5.41) is 14.8. The standard InChI is InChI=1S/C40H44ClN9O6/c1-25-24-49(26(2)23-48(25)30-7-5-27(21-42)33(41)20-30)40(55)44-28-6-12-36(43-22-28)56-18-4-3-13-46-14-16-47(17-15-46)29-8-9-31-32(19-29)39(54)50(38(31)53)34-10-11-35(51)45-37(34)52/h5-9,12,19-20,22,25-26,34H,3-4,10-11,13-18,23-24H2,1-2H3,(H,44,55)(H,45,51,52)/t25-,26+,34?/m0/s1. The van der Waals surface area contributed by atoms with Gasteiger partial charge >= 0.3 is 6.03 Å². The maximum atomic E-state index is 13.2. The molecule has 3 atom stereocenters. The molecule has 0 aliphatic carbocycles. The SMILES string of the molecule is C[C@@H]1CN(c2ccc(C#N)c(Cl)c2)[C@@H](C)CN1C(=O)Nc1ccc(OCCCCN2CCN(c3ccc4c(c3)C(=O)N(C3CCC(=O)NC3=O)C4=O)CC2)nc1. The van der Waals surface area contributed by atoms with E-state index in [9.17, 15) is 29.2 Å². The van der Waals surface area contributed by atoms with E-state index in [2.05, 4.69) is 43.3 Å². The molecule has 4 aliphatic heterocycles. The maximum Gasteiger partial charge on any atom is 0.322 e. The number of nitrogens with zero attached hydrogens (tertiary/aromatic N) is 7. The highest BCUT2D eigenvalue weighted by molar-refractivity contribution is 6.32. The normalized spacial score (nSPS) is 21.5. The average molecular weight is 782 g/mol. The molecule has 4 aliphatic rings.